The summed E-state index contributed by atoms with van der Waals surface area (Å²) >= 11 is 3.49. The van der Waals surface area contributed by atoms with E-state index in [0.29, 0.717) is 0 Å². The molecule has 0 bridgehead atoms. The molecule has 1 aliphatic rings. The second-order valence-corrected chi connectivity index (χ2v) is 4.94. The summed E-state index contributed by atoms with van der Waals surface area (Å²) in [6.07, 6.45) is 5.57. The lowest BCUT2D eigenvalue weighted by Crippen LogP contribution is -2.16. The SMILES string of the molecule is Brc1cccc(C2(Cn3ccnc3)CO2)c1. The van der Waals surface area contributed by atoms with Gasteiger partial charge in [0.2, 0.25) is 0 Å². The highest BCUT2D eigenvalue weighted by atomic mass is 79.9. The van der Waals surface area contributed by atoms with Crippen LogP contribution in [0, 0.1) is 0 Å². The zero-order valence-electron chi connectivity index (χ0n) is 8.64. The molecule has 1 atom stereocenters. The van der Waals surface area contributed by atoms with Gasteiger partial charge in [0, 0.05) is 16.9 Å². The number of imidazole rings is 1. The van der Waals surface area contributed by atoms with Crippen LogP contribution in [-0.4, -0.2) is 16.2 Å². The number of nitrogens with zero attached hydrogens (tertiary/aromatic N) is 2. The summed E-state index contributed by atoms with van der Waals surface area (Å²) in [6, 6.07) is 8.28. The van der Waals surface area contributed by atoms with E-state index >= 15 is 0 Å². The lowest BCUT2D eigenvalue weighted by Gasteiger charge is -2.13. The Labute approximate surface area is 102 Å². The fraction of sp³-hybridized carbons (Fsp3) is 0.250. The molecule has 1 saturated heterocycles. The summed E-state index contributed by atoms with van der Waals surface area (Å²) in [5, 5.41) is 0. The first-order chi connectivity index (χ1) is 7.78. The van der Waals surface area contributed by atoms with Crippen LogP contribution >= 0.6 is 15.9 Å². The molecule has 16 heavy (non-hydrogen) atoms. The zero-order valence-corrected chi connectivity index (χ0v) is 10.2. The van der Waals surface area contributed by atoms with Crippen molar-refractivity contribution < 1.29 is 4.74 Å². The highest BCUT2D eigenvalue weighted by Gasteiger charge is 2.46. The molecule has 3 nitrogen and oxygen atoms in total. The number of epoxide rings is 1. The molecule has 0 saturated carbocycles. The van der Waals surface area contributed by atoms with E-state index in [9.17, 15) is 0 Å². The molecule has 0 spiro atoms. The average Bonchev–Trinajstić information content (AvgIpc) is 2.87. The van der Waals surface area contributed by atoms with Gasteiger partial charge in [-0.3, -0.25) is 0 Å². The van der Waals surface area contributed by atoms with Crippen molar-refractivity contribution in [3.05, 3.63) is 53.0 Å². The maximum Gasteiger partial charge on any atom is 0.134 e. The number of hydrogen-bond acceptors (Lipinski definition) is 2. The third-order valence-electron chi connectivity index (χ3n) is 2.84. The van der Waals surface area contributed by atoms with Gasteiger partial charge in [0.05, 0.1) is 19.5 Å². The van der Waals surface area contributed by atoms with Crippen molar-refractivity contribution in [2.45, 2.75) is 12.1 Å². The van der Waals surface area contributed by atoms with Crippen LogP contribution in [0.1, 0.15) is 5.56 Å². The molecule has 1 fully saturated rings. The Morgan fingerprint density at radius 2 is 2.38 bits per heavy atom. The smallest absolute Gasteiger partial charge is 0.134 e. The molecule has 0 radical (unpaired) electrons. The molecule has 0 N–H and O–H groups in total. The summed E-state index contributed by atoms with van der Waals surface area (Å²) in [5.41, 5.74) is 1.07. The standard InChI is InChI=1S/C12H11BrN2O/c13-11-3-1-2-10(6-11)12(8-16-12)7-15-5-4-14-9-15/h1-6,9H,7-8H2. The molecular weight excluding hydrogens is 268 g/mol. The Bertz CT molecular complexity index is 491. The van der Waals surface area contributed by atoms with Gasteiger partial charge in [-0.15, -0.1) is 0 Å². The topological polar surface area (TPSA) is 30.4 Å². The lowest BCUT2D eigenvalue weighted by atomic mass is 10.0. The zero-order chi connectivity index (χ0) is 11.0. The van der Waals surface area contributed by atoms with Gasteiger partial charge in [-0.2, -0.15) is 0 Å². The van der Waals surface area contributed by atoms with Gasteiger partial charge in [-0.25, -0.2) is 4.98 Å². The second kappa shape index (κ2) is 3.71. The van der Waals surface area contributed by atoms with Crippen LogP contribution in [0.25, 0.3) is 0 Å². The van der Waals surface area contributed by atoms with E-state index < -0.39 is 0 Å². The molecule has 82 valence electrons. The Morgan fingerprint density at radius 1 is 1.50 bits per heavy atom. The van der Waals surface area contributed by atoms with Crippen LogP contribution in [0.15, 0.2) is 47.5 Å². The number of benzene rings is 1. The molecule has 2 heterocycles. The van der Waals surface area contributed by atoms with Crippen LogP contribution in [0.3, 0.4) is 0 Å². The Hall–Kier alpha value is -1.13. The van der Waals surface area contributed by atoms with Crippen LogP contribution < -0.4 is 0 Å². The maximum atomic E-state index is 5.64. The van der Waals surface area contributed by atoms with E-state index in [4.69, 9.17) is 4.74 Å². The summed E-state index contributed by atoms with van der Waals surface area (Å²) in [6.45, 7) is 1.60. The summed E-state index contributed by atoms with van der Waals surface area (Å²) < 4.78 is 8.78. The fourth-order valence-corrected chi connectivity index (χ4v) is 2.28. The molecule has 2 aromatic rings. The number of ether oxygens (including phenoxy) is 1. The minimum absolute atomic E-state index is 0.148. The van der Waals surface area contributed by atoms with Crippen LogP contribution in [0.2, 0.25) is 0 Å². The number of hydrogen-bond donors (Lipinski definition) is 0. The number of aromatic nitrogens is 2. The first-order valence-electron chi connectivity index (χ1n) is 5.14. The molecule has 1 aliphatic heterocycles. The van der Waals surface area contributed by atoms with E-state index in [2.05, 4.69) is 33.0 Å². The number of rotatable bonds is 3. The summed E-state index contributed by atoms with van der Waals surface area (Å²) in [4.78, 5) is 4.04. The van der Waals surface area contributed by atoms with Crippen molar-refractivity contribution in [3.63, 3.8) is 0 Å². The minimum atomic E-state index is -0.148. The van der Waals surface area contributed by atoms with Crippen molar-refractivity contribution in [1.82, 2.24) is 9.55 Å². The average molecular weight is 279 g/mol. The van der Waals surface area contributed by atoms with Gasteiger partial charge in [0.1, 0.15) is 5.60 Å². The summed E-state index contributed by atoms with van der Waals surface area (Å²) in [5.74, 6) is 0. The molecule has 1 unspecified atom stereocenters. The minimum Gasteiger partial charge on any atom is -0.363 e. The van der Waals surface area contributed by atoms with Gasteiger partial charge in [-0.1, -0.05) is 28.1 Å². The van der Waals surface area contributed by atoms with Crippen LogP contribution in [-0.2, 0) is 16.9 Å². The van der Waals surface area contributed by atoms with E-state index in [0.717, 1.165) is 17.6 Å². The quantitative estimate of drug-likeness (QED) is 0.808. The van der Waals surface area contributed by atoms with E-state index in [1.165, 1.54) is 5.56 Å². The normalized spacial score (nSPS) is 23.3. The molecule has 0 amide bonds. The molecule has 4 heteroatoms. The van der Waals surface area contributed by atoms with Gasteiger partial charge in [0.15, 0.2) is 0 Å². The van der Waals surface area contributed by atoms with Crippen molar-refractivity contribution >= 4 is 15.9 Å². The first-order valence-corrected chi connectivity index (χ1v) is 5.94. The fourth-order valence-electron chi connectivity index (χ4n) is 1.88. The molecular formula is C12H11BrN2O. The van der Waals surface area contributed by atoms with Gasteiger partial charge in [0.25, 0.3) is 0 Å². The Kier molecular flexibility index (Phi) is 2.33. The predicted molar refractivity (Wildman–Crippen MR) is 64.0 cm³/mol. The van der Waals surface area contributed by atoms with Crippen molar-refractivity contribution in [3.8, 4) is 0 Å². The molecule has 3 rings (SSSR count). The van der Waals surface area contributed by atoms with Crippen LogP contribution in [0.5, 0.6) is 0 Å². The van der Waals surface area contributed by atoms with Gasteiger partial charge in [-0.05, 0) is 17.7 Å². The highest BCUT2D eigenvalue weighted by Crippen LogP contribution is 2.40. The lowest BCUT2D eigenvalue weighted by molar-refractivity contribution is 0.277. The predicted octanol–water partition coefficient (Wildman–Crippen LogP) is 2.57. The van der Waals surface area contributed by atoms with E-state index in [-0.39, 0.29) is 5.60 Å². The van der Waals surface area contributed by atoms with Crippen molar-refractivity contribution in [1.29, 1.82) is 0 Å². The second-order valence-electron chi connectivity index (χ2n) is 4.03. The Balaban J connectivity index is 1.88. The first kappa shape index (κ1) is 10.1. The Morgan fingerprint density at radius 3 is 3.00 bits per heavy atom. The van der Waals surface area contributed by atoms with Crippen LogP contribution in [0.4, 0.5) is 0 Å². The summed E-state index contributed by atoms with van der Waals surface area (Å²) in [7, 11) is 0. The number of halogens is 1. The van der Waals surface area contributed by atoms with E-state index in [1.54, 1.807) is 6.20 Å². The van der Waals surface area contributed by atoms with Gasteiger partial charge >= 0.3 is 0 Å². The third-order valence-corrected chi connectivity index (χ3v) is 3.33. The highest BCUT2D eigenvalue weighted by molar-refractivity contribution is 9.10. The third kappa shape index (κ3) is 1.79. The van der Waals surface area contributed by atoms with E-state index in [1.807, 2.05) is 29.2 Å². The largest absolute Gasteiger partial charge is 0.363 e. The maximum absolute atomic E-state index is 5.64. The van der Waals surface area contributed by atoms with Crippen molar-refractivity contribution in [2.75, 3.05) is 6.61 Å². The molecule has 1 aromatic heterocycles. The molecule has 1 aromatic carbocycles. The van der Waals surface area contributed by atoms with Crippen molar-refractivity contribution in [2.24, 2.45) is 0 Å². The molecule has 0 aliphatic carbocycles. The van der Waals surface area contributed by atoms with Gasteiger partial charge < -0.3 is 9.30 Å². The monoisotopic (exact) mass is 278 g/mol.